The van der Waals surface area contributed by atoms with Gasteiger partial charge in [-0.1, -0.05) is 59.9 Å². The van der Waals surface area contributed by atoms with Crippen LogP contribution in [0.3, 0.4) is 0 Å². The summed E-state index contributed by atoms with van der Waals surface area (Å²) in [6, 6.07) is 18.8. The Labute approximate surface area is 222 Å². The number of thiocarbonyl (C=S) groups is 1. The summed E-state index contributed by atoms with van der Waals surface area (Å²) in [5.41, 5.74) is 2.25. The molecule has 3 aromatic carbocycles. The van der Waals surface area contributed by atoms with Crippen molar-refractivity contribution in [3.63, 3.8) is 0 Å². The average Bonchev–Trinajstić information content (AvgIpc) is 3.09. The van der Waals surface area contributed by atoms with Gasteiger partial charge in [-0.15, -0.1) is 0 Å². The Hall–Kier alpha value is -2.66. The van der Waals surface area contributed by atoms with Crippen molar-refractivity contribution in [1.82, 2.24) is 0 Å². The average molecular weight is 591 g/mol. The lowest BCUT2D eigenvalue weighted by Crippen LogP contribution is -2.27. The number of carbonyl (C=O) groups is 1. The molecule has 4 rings (SSSR count). The second kappa shape index (κ2) is 10.5. The van der Waals surface area contributed by atoms with Crippen LogP contribution in [0.1, 0.15) is 18.1 Å². The number of thioether (sulfide) groups is 1. The van der Waals surface area contributed by atoms with Crippen molar-refractivity contribution in [3.05, 3.63) is 87.2 Å². The number of rotatable bonds is 7. The van der Waals surface area contributed by atoms with E-state index in [-0.39, 0.29) is 28.9 Å². The molecule has 1 aliphatic heterocycles. The zero-order valence-electron chi connectivity index (χ0n) is 18.7. The molecule has 0 saturated carbocycles. The Morgan fingerprint density at radius 2 is 1.77 bits per heavy atom. The number of aryl methyl sites for hydroxylation is 1. The number of halogens is 1. The van der Waals surface area contributed by atoms with Gasteiger partial charge in [-0.2, -0.15) is 8.42 Å². The normalized spacial score (nSPS) is 15.1. The second-order valence-electron chi connectivity index (χ2n) is 7.47. The molecule has 0 aliphatic carbocycles. The minimum atomic E-state index is -4.09. The van der Waals surface area contributed by atoms with Crippen LogP contribution in [0.25, 0.3) is 6.08 Å². The number of para-hydroxylation sites is 1. The standard InChI is InChI=1S/C25H20BrNO5S3/c1-3-31-21-14-17(15-22-24(28)27(25(33)34-22)18-7-5-4-6-8-18)13-20(26)23(21)32-35(29,30)19-11-9-16(2)10-12-19/h4-15H,3H2,1-2H3/b22-15-. The summed E-state index contributed by atoms with van der Waals surface area (Å²) in [6.07, 6.45) is 1.69. The molecule has 1 heterocycles. The molecular weight excluding hydrogens is 570 g/mol. The van der Waals surface area contributed by atoms with Crippen LogP contribution in [0.15, 0.2) is 81.0 Å². The fourth-order valence-electron chi connectivity index (χ4n) is 3.30. The van der Waals surface area contributed by atoms with E-state index >= 15 is 0 Å². The topological polar surface area (TPSA) is 72.9 Å². The van der Waals surface area contributed by atoms with Crippen molar-refractivity contribution >= 4 is 72.0 Å². The maximum atomic E-state index is 13.1. The number of benzene rings is 3. The predicted octanol–water partition coefficient (Wildman–Crippen LogP) is 6.33. The van der Waals surface area contributed by atoms with Crippen molar-refractivity contribution in [3.8, 4) is 11.5 Å². The monoisotopic (exact) mass is 589 g/mol. The lowest BCUT2D eigenvalue weighted by atomic mass is 10.2. The fourth-order valence-corrected chi connectivity index (χ4v) is 6.20. The Morgan fingerprint density at radius 3 is 2.43 bits per heavy atom. The SMILES string of the molecule is CCOc1cc(/C=C2\SC(=S)N(c3ccccc3)C2=O)cc(Br)c1OS(=O)(=O)c1ccc(C)cc1. The molecular formula is C25H20BrNO5S3. The van der Waals surface area contributed by atoms with Gasteiger partial charge < -0.3 is 8.92 Å². The lowest BCUT2D eigenvalue weighted by Gasteiger charge is -2.15. The van der Waals surface area contributed by atoms with E-state index in [0.29, 0.717) is 24.9 Å². The van der Waals surface area contributed by atoms with Crippen LogP contribution < -0.4 is 13.8 Å². The highest BCUT2D eigenvalue weighted by Gasteiger charge is 2.33. The third kappa shape index (κ3) is 5.61. The number of amides is 1. The molecule has 0 spiro atoms. The molecule has 0 bridgehead atoms. The van der Waals surface area contributed by atoms with Gasteiger partial charge in [0.1, 0.15) is 4.90 Å². The van der Waals surface area contributed by atoms with Crippen molar-refractivity contribution < 1.29 is 22.1 Å². The highest BCUT2D eigenvalue weighted by Crippen LogP contribution is 2.41. The smallest absolute Gasteiger partial charge is 0.339 e. The zero-order valence-corrected chi connectivity index (χ0v) is 22.8. The number of hydrogen-bond acceptors (Lipinski definition) is 7. The number of anilines is 1. The van der Waals surface area contributed by atoms with Crippen LogP contribution in [0, 0.1) is 6.92 Å². The summed E-state index contributed by atoms with van der Waals surface area (Å²) in [5, 5.41) is 0. The Morgan fingerprint density at radius 1 is 1.09 bits per heavy atom. The quantitative estimate of drug-likeness (QED) is 0.181. The van der Waals surface area contributed by atoms with Crippen molar-refractivity contribution in [2.45, 2.75) is 18.7 Å². The Bertz CT molecular complexity index is 1420. The fraction of sp³-hybridized carbons (Fsp3) is 0.120. The van der Waals surface area contributed by atoms with Crippen LogP contribution in [0.5, 0.6) is 11.5 Å². The van der Waals surface area contributed by atoms with E-state index in [1.54, 1.807) is 37.3 Å². The lowest BCUT2D eigenvalue weighted by molar-refractivity contribution is -0.113. The highest BCUT2D eigenvalue weighted by atomic mass is 79.9. The van der Waals surface area contributed by atoms with E-state index < -0.39 is 10.1 Å². The molecule has 0 radical (unpaired) electrons. The molecule has 1 fully saturated rings. The number of carbonyl (C=O) groups excluding carboxylic acids is 1. The molecule has 10 heteroatoms. The van der Waals surface area contributed by atoms with Gasteiger partial charge in [-0.05, 0) is 77.8 Å². The second-order valence-corrected chi connectivity index (χ2v) is 11.5. The summed E-state index contributed by atoms with van der Waals surface area (Å²) in [7, 11) is -4.09. The van der Waals surface area contributed by atoms with Gasteiger partial charge in [-0.25, -0.2) is 0 Å². The zero-order chi connectivity index (χ0) is 25.2. The molecule has 3 aromatic rings. The van der Waals surface area contributed by atoms with E-state index in [9.17, 15) is 13.2 Å². The van der Waals surface area contributed by atoms with Crippen LogP contribution >= 0.6 is 39.9 Å². The van der Waals surface area contributed by atoms with Crippen LogP contribution in [-0.4, -0.2) is 25.3 Å². The van der Waals surface area contributed by atoms with Crippen LogP contribution in [0.4, 0.5) is 5.69 Å². The molecule has 180 valence electrons. The van der Waals surface area contributed by atoms with E-state index in [1.807, 2.05) is 37.3 Å². The Balaban J connectivity index is 1.67. The number of ether oxygens (including phenoxy) is 1. The largest absolute Gasteiger partial charge is 0.490 e. The summed E-state index contributed by atoms with van der Waals surface area (Å²) >= 11 is 10.0. The molecule has 1 saturated heterocycles. The molecule has 6 nitrogen and oxygen atoms in total. The summed E-state index contributed by atoms with van der Waals surface area (Å²) in [4.78, 5) is 15.0. The first kappa shape index (κ1) is 25.4. The summed E-state index contributed by atoms with van der Waals surface area (Å²) in [6.45, 7) is 3.93. The third-order valence-electron chi connectivity index (χ3n) is 4.94. The van der Waals surface area contributed by atoms with E-state index in [1.165, 1.54) is 28.8 Å². The minimum absolute atomic E-state index is 0.0291. The first-order valence-corrected chi connectivity index (χ1v) is 13.9. The number of nitrogens with zero attached hydrogens (tertiary/aromatic N) is 1. The van der Waals surface area contributed by atoms with Crippen LogP contribution in [-0.2, 0) is 14.9 Å². The first-order valence-electron chi connectivity index (χ1n) is 10.5. The van der Waals surface area contributed by atoms with Gasteiger partial charge in [0.25, 0.3) is 5.91 Å². The van der Waals surface area contributed by atoms with Gasteiger partial charge in [0.15, 0.2) is 15.8 Å². The van der Waals surface area contributed by atoms with E-state index in [4.69, 9.17) is 21.1 Å². The Kier molecular flexibility index (Phi) is 7.65. The van der Waals surface area contributed by atoms with Gasteiger partial charge in [0.05, 0.1) is 21.7 Å². The molecule has 0 atom stereocenters. The predicted molar refractivity (Wildman–Crippen MR) is 146 cm³/mol. The van der Waals surface area contributed by atoms with Gasteiger partial charge >= 0.3 is 10.1 Å². The first-order chi connectivity index (χ1) is 16.7. The molecule has 35 heavy (non-hydrogen) atoms. The maximum absolute atomic E-state index is 13.1. The van der Waals surface area contributed by atoms with Crippen molar-refractivity contribution in [2.75, 3.05) is 11.5 Å². The molecule has 1 aliphatic rings. The van der Waals surface area contributed by atoms with Crippen molar-refractivity contribution in [1.29, 1.82) is 0 Å². The van der Waals surface area contributed by atoms with E-state index in [2.05, 4.69) is 15.9 Å². The highest BCUT2D eigenvalue weighted by molar-refractivity contribution is 9.10. The van der Waals surface area contributed by atoms with Crippen LogP contribution in [0.2, 0.25) is 0 Å². The maximum Gasteiger partial charge on any atom is 0.339 e. The molecule has 1 amide bonds. The summed E-state index contributed by atoms with van der Waals surface area (Å²) < 4.78 is 37.7. The molecule has 0 aromatic heterocycles. The van der Waals surface area contributed by atoms with Gasteiger partial charge in [-0.3, -0.25) is 9.69 Å². The molecule has 0 N–H and O–H groups in total. The van der Waals surface area contributed by atoms with Gasteiger partial charge in [0, 0.05) is 0 Å². The summed E-state index contributed by atoms with van der Waals surface area (Å²) in [5.74, 6) is 0.0197. The van der Waals surface area contributed by atoms with E-state index in [0.717, 1.165) is 5.56 Å². The van der Waals surface area contributed by atoms with Crippen molar-refractivity contribution in [2.24, 2.45) is 0 Å². The minimum Gasteiger partial charge on any atom is -0.490 e. The number of hydrogen-bond donors (Lipinski definition) is 0. The molecule has 0 unspecified atom stereocenters. The van der Waals surface area contributed by atoms with Gasteiger partial charge in [0.2, 0.25) is 0 Å². The third-order valence-corrected chi connectivity index (χ3v) is 8.07.